The first kappa shape index (κ1) is 14.9. The van der Waals surface area contributed by atoms with E-state index in [2.05, 4.69) is 0 Å². The number of halogens is 1. The van der Waals surface area contributed by atoms with Crippen molar-refractivity contribution >= 4 is 16.0 Å². The number of benzene rings is 1. The van der Waals surface area contributed by atoms with Gasteiger partial charge in [0.15, 0.2) is 0 Å². The molecule has 1 aromatic carbocycles. The minimum absolute atomic E-state index is 0.178. The normalized spacial score (nSPS) is 23.9. The Bertz CT molecular complexity index is 645. The fourth-order valence-electron chi connectivity index (χ4n) is 2.25. The van der Waals surface area contributed by atoms with Crippen molar-refractivity contribution in [1.82, 2.24) is 4.31 Å². The number of hydrogen-bond donors (Lipinski definition) is 2. The summed E-state index contributed by atoms with van der Waals surface area (Å²) in [6.45, 7) is 1.18. The number of aliphatic hydroxyl groups excluding tert-OH is 1. The van der Waals surface area contributed by atoms with E-state index in [9.17, 15) is 22.7 Å². The molecule has 0 aromatic heterocycles. The van der Waals surface area contributed by atoms with Crippen molar-refractivity contribution in [1.29, 1.82) is 0 Å². The van der Waals surface area contributed by atoms with Crippen LogP contribution in [0.2, 0.25) is 0 Å². The van der Waals surface area contributed by atoms with Crippen LogP contribution in [0.15, 0.2) is 23.1 Å². The molecule has 1 heterocycles. The summed E-state index contributed by atoms with van der Waals surface area (Å²) in [7, 11) is -4.17. The van der Waals surface area contributed by atoms with Crippen molar-refractivity contribution < 1.29 is 27.8 Å². The van der Waals surface area contributed by atoms with Crippen LogP contribution in [0, 0.1) is 12.7 Å². The van der Waals surface area contributed by atoms with Crippen LogP contribution < -0.4 is 0 Å². The molecule has 110 valence electrons. The molecule has 1 aliphatic rings. The molecule has 1 aliphatic heterocycles. The van der Waals surface area contributed by atoms with Crippen molar-refractivity contribution in [3.05, 3.63) is 29.6 Å². The Hall–Kier alpha value is -1.51. The smallest absolute Gasteiger partial charge is 0.322 e. The summed E-state index contributed by atoms with van der Waals surface area (Å²) in [5.41, 5.74) is 0.317. The van der Waals surface area contributed by atoms with Crippen LogP contribution in [-0.4, -0.2) is 47.6 Å². The number of carbonyl (C=O) groups is 1. The monoisotopic (exact) mass is 303 g/mol. The van der Waals surface area contributed by atoms with Gasteiger partial charge in [-0.15, -0.1) is 0 Å². The molecule has 0 amide bonds. The third-order valence-electron chi connectivity index (χ3n) is 3.26. The third-order valence-corrected chi connectivity index (χ3v) is 5.27. The Balaban J connectivity index is 2.49. The fourth-order valence-corrected chi connectivity index (χ4v) is 4.12. The number of nitrogens with zero attached hydrogens (tertiary/aromatic N) is 1. The summed E-state index contributed by atoms with van der Waals surface area (Å²) in [5, 5.41) is 18.6. The zero-order valence-corrected chi connectivity index (χ0v) is 11.5. The Morgan fingerprint density at radius 1 is 1.45 bits per heavy atom. The van der Waals surface area contributed by atoms with Gasteiger partial charge in [0.25, 0.3) is 0 Å². The van der Waals surface area contributed by atoms with Gasteiger partial charge in [-0.3, -0.25) is 4.79 Å². The maximum atomic E-state index is 13.2. The van der Waals surface area contributed by atoms with Gasteiger partial charge in [-0.1, -0.05) is 6.07 Å². The van der Waals surface area contributed by atoms with Crippen molar-refractivity contribution in [3.63, 3.8) is 0 Å². The van der Waals surface area contributed by atoms with E-state index in [1.54, 1.807) is 0 Å². The molecule has 0 aliphatic carbocycles. The number of aliphatic hydroxyl groups is 1. The van der Waals surface area contributed by atoms with Gasteiger partial charge >= 0.3 is 5.97 Å². The minimum atomic E-state index is -4.17. The molecule has 0 saturated carbocycles. The SMILES string of the molecule is Cc1ccc(F)cc1S(=O)(=O)N1CC(O)CC1C(=O)O. The van der Waals surface area contributed by atoms with E-state index in [-0.39, 0.29) is 17.9 Å². The molecule has 2 rings (SSSR count). The molecule has 2 N–H and O–H groups in total. The molecule has 8 heteroatoms. The summed E-state index contributed by atoms with van der Waals surface area (Å²) in [5.74, 6) is -2.06. The highest BCUT2D eigenvalue weighted by Gasteiger charge is 2.44. The summed E-state index contributed by atoms with van der Waals surface area (Å²) >= 11 is 0. The van der Waals surface area contributed by atoms with Gasteiger partial charge in [0.05, 0.1) is 11.0 Å². The van der Waals surface area contributed by atoms with E-state index < -0.39 is 34.0 Å². The van der Waals surface area contributed by atoms with Gasteiger partial charge < -0.3 is 10.2 Å². The number of aliphatic carboxylic acids is 1. The third kappa shape index (κ3) is 2.54. The molecule has 1 saturated heterocycles. The molecular weight excluding hydrogens is 289 g/mol. The molecule has 1 aromatic rings. The zero-order valence-electron chi connectivity index (χ0n) is 10.7. The van der Waals surface area contributed by atoms with Crippen molar-refractivity contribution in [2.24, 2.45) is 0 Å². The molecule has 6 nitrogen and oxygen atoms in total. The van der Waals surface area contributed by atoms with E-state index in [4.69, 9.17) is 5.11 Å². The minimum Gasteiger partial charge on any atom is -0.480 e. The number of β-amino-alcohol motifs (C(OH)–C–C–N with tert-alkyl or cyclic N) is 1. The second-order valence-electron chi connectivity index (χ2n) is 4.73. The maximum absolute atomic E-state index is 13.2. The number of carboxylic acid groups (broad SMARTS) is 1. The van der Waals surface area contributed by atoms with Crippen LogP contribution in [0.3, 0.4) is 0 Å². The largest absolute Gasteiger partial charge is 0.480 e. The first-order valence-electron chi connectivity index (χ1n) is 5.92. The highest BCUT2D eigenvalue weighted by atomic mass is 32.2. The van der Waals surface area contributed by atoms with Gasteiger partial charge in [0.2, 0.25) is 10.0 Å². The quantitative estimate of drug-likeness (QED) is 0.840. The van der Waals surface area contributed by atoms with Crippen LogP contribution in [0.1, 0.15) is 12.0 Å². The predicted molar refractivity (Wildman–Crippen MR) is 67.1 cm³/mol. The maximum Gasteiger partial charge on any atom is 0.322 e. The lowest BCUT2D eigenvalue weighted by Gasteiger charge is -2.21. The standard InChI is InChI=1S/C12H14FNO5S/c1-7-2-3-8(13)4-11(7)20(18,19)14-6-9(15)5-10(14)12(16)17/h2-4,9-10,15H,5-6H2,1H3,(H,16,17). The predicted octanol–water partition coefficient (Wildman–Crippen LogP) is 0.343. The number of hydrogen-bond acceptors (Lipinski definition) is 4. The number of carboxylic acids is 1. The average molecular weight is 303 g/mol. The van der Waals surface area contributed by atoms with Crippen LogP contribution >= 0.6 is 0 Å². The average Bonchev–Trinajstić information content (AvgIpc) is 2.75. The highest BCUT2D eigenvalue weighted by molar-refractivity contribution is 7.89. The van der Waals surface area contributed by atoms with Gasteiger partial charge in [-0.2, -0.15) is 4.31 Å². The first-order chi connectivity index (χ1) is 9.23. The molecular formula is C12H14FNO5S. The summed E-state index contributed by atoms with van der Waals surface area (Å²) in [6.07, 6.45) is -1.22. The molecule has 1 fully saturated rings. The lowest BCUT2D eigenvalue weighted by Crippen LogP contribution is -2.40. The first-order valence-corrected chi connectivity index (χ1v) is 7.36. The van der Waals surface area contributed by atoms with Crippen molar-refractivity contribution in [2.45, 2.75) is 30.4 Å². The van der Waals surface area contributed by atoms with Gasteiger partial charge in [0.1, 0.15) is 11.9 Å². The fraction of sp³-hybridized carbons (Fsp3) is 0.417. The van der Waals surface area contributed by atoms with Gasteiger partial charge in [0, 0.05) is 13.0 Å². The molecule has 0 spiro atoms. The summed E-state index contributed by atoms with van der Waals surface area (Å²) in [6, 6.07) is 1.96. The Kier molecular flexibility index (Phi) is 3.81. The molecule has 2 atom stereocenters. The second-order valence-corrected chi connectivity index (χ2v) is 6.59. The van der Waals surface area contributed by atoms with E-state index in [0.29, 0.717) is 9.87 Å². The number of rotatable bonds is 3. The summed E-state index contributed by atoms with van der Waals surface area (Å²) < 4.78 is 38.9. The van der Waals surface area contributed by atoms with E-state index >= 15 is 0 Å². The van der Waals surface area contributed by atoms with Crippen LogP contribution in [-0.2, 0) is 14.8 Å². The number of aryl methyl sites for hydroxylation is 1. The van der Waals surface area contributed by atoms with Crippen molar-refractivity contribution in [3.8, 4) is 0 Å². The van der Waals surface area contributed by atoms with Crippen LogP contribution in [0.25, 0.3) is 0 Å². The van der Waals surface area contributed by atoms with E-state index in [0.717, 1.165) is 12.1 Å². The number of sulfonamides is 1. The summed E-state index contributed by atoms with van der Waals surface area (Å²) in [4.78, 5) is 10.8. The Morgan fingerprint density at radius 2 is 2.10 bits per heavy atom. The Labute approximate surface area is 115 Å². The van der Waals surface area contributed by atoms with Crippen LogP contribution in [0.5, 0.6) is 0 Å². The molecule has 2 unspecified atom stereocenters. The van der Waals surface area contributed by atoms with E-state index in [1.807, 2.05) is 0 Å². The lowest BCUT2D eigenvalue weighted by atomic mass is 10.2. The second kappa shape index (κ2) is 5.12. The topological polar surface area (TPSA) is 94.9 Å². The molecule has 20 heavy (non-hydrogen) atoms. The zero-order chi connectivity index (χ0) is 15.1. The van der Waals surface area contributed by atoms with E-state index in [1.165, 1.54) is 13.0 Å². The van der Waals surface area contributed by atoms with Gasteiger partial charge in [-0.05, 0) is 24.6 Å². The van der Waals surface area contributed by atoms with Gasteiger partial charge in [-0.25, -0.2) is 12.8 Å². The molecule has 0 radical (unpaired) electrons. The Morgan fingerprint density at radius 3 is 2.70 bits per heavy atom. The highest BCUT2D eigenvalue weighted by Crippen LogP contribution is 2.28. The lowest BCUT2D eigenvalue weighted by molar-refractivity contribution is -0.140. The van der Waals surface area contributed by atoms with Crippen molar-refractivity contribution in [2.75, 3.05) is 6.54 Å². The molecule has 0 bridgehead atoms. The van der Waals surface area contributed by atoms with Crippen LogP contribution in [0.4, 0.5) is 4.39 Å².